The molecule has 0 radical (unpaired) electrons. The molecule has 0 unspecified atom stereocenters. The zero-order valence-corrected chi connectivity index (χ0v) is 10.1. The van der Waals surface area contributed by atoms with Crippen molar-refractivity contribution in [2.24, 2.45) is 5.92 Å². The summed E-state index contributed by atoms with van der Waals surface area (Å²) < 4.78 is 10.8. The van der Waals surface area contributed by atoms with Crippen LogP contribution in [-0.4, -0.2) is 20.8 Å². The molecule has 1 saturated heterocycles. The Bertz CT molecular complexity index is 365. The third-order valence-corrected chi connectivity index (χ3v) is 3.16. The summed E-state index contributed by atoms with van der Waals surface area (Å²) in [6.45, 7) is 3.34. The lowest BCUT2D eigenvalue weighted by atomic mass is 10.00. The van der Waals surface area contributed by atoms with Crippen LogP contribution in [-0.2, 0) is 0 Å². The van der Waals surface area contributed by atoms with Gasteiger partial charge in [0.05, 0.1) is 14.2 Å². The van der Waals surface area contributed by atoms with Crippen molar-refractivity contribution in [1.29, 1.82) is 0 Å². The molecule has 16 heavy (non-hydrogen) atoms. The van der Waals surface area contributed by atoms with E-state index in [4.69, 9.17) is 9.47 Å². The molecule has 2 rings (SSSR count). The second-order valence-electron chi connectivity index (χ2n) is 4.38. The molecule has 1 heterocycles. The monoisotopic (exact) mass is 221 g/mol. The van der Waals surface area contributed by atoms with Crippen LogP contribution in [0, 0.1) is 5.92 Å². The smallest absolute Gasteiger partial charge is 0.165 e. The van der Waals surface area contributed by atoms with E-state index in [1.165, 1.54) is 5.56 Å². The first-order chi connectivity index (χ1) is 7.76. The van der Waals surface area contributed by atoms with Crippen LogP contribution in [0.5, 0.6) is 11.5 Å². The second-order valence-corrected chi connectivity index (χ2v) is 4.38. The third kappa shape index (κ3) is 2.00. The van der Waals surface area contributed by atoms with Crippen molar-refractivity contribution >= 4 is 0 Å². The Balaban J connectivity index is 2.32. The average molecular weight is 221 g/mol. The number of hydrogen-bond acceptors (Lipinski definition) is 3. The number of nitrogens with one attached hydrogen (secondary N) is 1. The highest BCUT2D eigenvalue weighted by molar-refractivity contribution is 5.48. The Morgan fingerprint density at radius 2 is 2.06 bits per heavy atom. The van der Waals surface area contributed by atoms with Crippen LogP contribution in [0.15, 0.2) is 18.2 Å². The molecular weight excluding hydrogens is 202 g/mol. The summed E-state index contributed by atoms with van der Waals surface area (Å²) >= 11 is 0. The van der Waals surface area contributed by atoms with Crippen LogP contribution in [0.3, 0.4) is 0 Å². The van der Waals surface area contributed by atoms with Crippen molar-refractivity contribution in [3.8, 4) is 11.5 Å². The van der Waals surface area contributed by atoms with Gasteiger partial charge >= 0.3 is 0 Å². The molecule has 3 heteroatoms. The van der Waals surface area contributed by atoms with Crippen LogP contribution in [0.2, 0.25) is 0 Å². The number of benzene rings is 1. The fraction of sp³-hybridized carbons (Fsp3) is 0.538. The van der Waals surface area contributed by atoms with E-state index in [0.717, 1.165) is 30.4 Å². The molecule has 1 fully saturated rings. The Hall–Kier alpha value is -1.22. The summed E-state index contributed by atoms with van der Waals surface area (Å²) in [6.07, 6.45) is 1.16. The summed E-state index contributed by atoms with van der Waals surface area (Å²) in [6, 6.07) is 6.44. The normalized spacial score (nSPS) is 24.4. The van der Waals surface area contributed by atoms with Gasteiger partial charge in [-0.15, -0.1) is 0 Å². The van der Waals surface area contributed by atoms with E-state index < -0.39 is 0 Å². The van der Waals surface area contributed by atoms with Gasteiger partial charge < -0.3 is 14.8 Å². The lowest BCUT2D eigenvalue weighted by molar-refractivity contribution is 0.348. The Labute approximate surface area is 96.8 Å². The van der Waals surface area contributed by atoms with Crippen molar-refractivity contribution in [3.05, 3.63) is 23.8 Å². The van der Waals surface area contributed by atoms with Crippen molar-refractivity contribution < 1.29 is 9.47 Å². The Morgan fingerprint density at radius 1 is 1.25 bits per heavy atom. The summed E-state index contributed by atoms with van der Waals surface area (Å²) in [7, 11) is 3.37. The number of hydrogen-bond donors (Lipinski definition) is 1. The minimum Gasteiger partial charge on any atom is -0.493 e. The van der Waals surface area contributed by atoms with Gasteiger partial charge in [-0.25, -0.2) is 0 Å². The van der Waals surface area contributed by atoms with Gasteiger partial charge in [0.1, 0.15) is 0 Å². The van der Waals surface area contributed by atoms with Gasteiger partial charge in [-0.3, -0.25) is 0 Å². The van der Waals surface area contributed by atoms with Crippen molar-refractivity contribution in [2.45, 2.75) is 19.4 Å². The molecule has 1 aliphatic heterocycles. The standard InChI is InChI=1S/C13H19NO2/c1-9-7-11(14-8-9)10-5-4-6-12(15-2)13(10)16-3/h4-6,9,11,14H,7-8H2,1-3H3/t9-,11-/m1/s1. The van der Waals surface area contributed by atoms with Crippen molar-refractivity contribution in [3.63, 3.8) is 0 Å². The highest BCUT2D eigenvalue weighted by Crippen LogP contribution is 2.38. The van der Waals surface area contributed by atoms with Gasteiger partial charge in [0.2, 0.25) is 0 Å². The highest BCUT2D eigenvalue weighted by Gasteiger charge is 2.25. The molecule has 0 aromatic heterocycles. The van der Waals surface area contributed by atoms with Gasteiger partial charge in [-0.2, -0.15) is 0 Å². The van der Waals surface area contributed by atoms with E-state index in [-0.39, 0.29) is 0 Å². The molecular formula is C13H19NO2. The molecule has 1 N–H and O–H groups in total. The zero-order valence-electron chi connectivity index (χ0n) is 10.1. The summed E-state index contributed by atoms with van der Waals surface area (Å²) in [4.78, 5) is 0. The molecule has 1 aliphatic rings. The molecule has 0 saturated carbocycles. The molecule has 0 aliphatic carbocycles. The number of para-hydroxylation sites is 1. The van der Waals surface area contributed by atoms with E-state index in [1.54, 1.807) is 14.2 Å². The lowest BCUT2D eigenvalue weighted by Crippen LogP contribution is -2.14. The molecule has 3 nitrogen and oxygen atoms in total. The summed E-state index contributed by atoms with van der Waals surface area (Å²) in [5, 5.41) is 3.51. The second kappa shape index (κ2) is 4.74. The molecule has 2 atom stereocenters. The maximum Gasteiger partial charge on any atom is 0.165 e. The maximum absolute atomic E-state index is 5.45. The van der Waals surface area contributed by atoms with E-state index >= 15 is 0 Å². The number of rotatable bonds is 3. The first-order valence-electron chi connectivity index (χ1n) is 5.70. The predicted molar refractivity (Wildman–Crippen MR) is 64.1 cm³/mol. The lowest BCUT2D eigenvalue weighted by Gasteiger charge is -2.17. The van der Waals surface area contributed by atoms with Crippen LogP contribution >= 0.6 is 0 Å². The molecule has 0 spiro atoms. The average Bonchev–Trinajstić information content (AvgIpc) is 2.74. The minimum absolute atomic E-state index is 0.389. The topological polar surface area (TPSA) is 30.5 Å². The highest BCUT2D eigenvalue weighted by atomic mass is 16.5. The Morgan fingerprint density at radius 3 is 2.62 bits per heavy atom. The number of ether oxygens (including phenoxy) is 2. The van der Waals surface area contributed by atoms with Gasteiger partial charge in [-0.1, -0.05) is 19.1 Å². The zero-order chi connectivity index (χ0) is 11.5. The van der Waals surface area contributed by atoms with Crippen LogP contribution in [0.4, 0.5) is 0 Å². The fourth-order valence-corrected chi connectivity index (χ4v) is 2.34. The first kappa shape index (κ1) is 11.3. The minimum atomic E-state index is 0.389. The SMILES string of the molecule is COc1cccc([C@H]2C[C@@H](C)CN2)c1OC. The van der Waals surface area contributed by atoms with Gasteiger partial charge in [0.25, 0.3) is 0 Å². The van der Waals surface area contributed by atoms with Crippen LogP contribution < -0.4 is 14.8 Å². The molecule has 1 aromatic carbocycles. The van der Waals surface area contributed by atoms with Crippen molar-refractivity contribution in [2.75, 3.05) is 20.8 Å². The van der Waals surface area contributed by atoms with Crippen molar-refractivity contribution in [1.82, 2.24) is 5.32 Å². The maximum atomic E-state index is 5.45. The van der Waals surface area contributed by atoms with Gasteiger partial charge in [0.15, 0.2) is 11.5 Å². The summed E-state index contributed by atoms with van der Waals surface area (Å²) in [5.41, 5.74) is 1.20. The van der Waals surface area contributed by atoms with E-state index in [1.807, 2.05) is 12.1 Å². The van der Waals surface area contributed by atoms with E-state index in [9.17, 15) is 0 Å². The fourth-order valence-electron chi connectivity index (χ4n) is 2.34. The van der Waals surface area contributed by atoms with Gasteiger partial charge in [-0.05, 0) is 24.9 Å². The quantitative estimate of drug-likeness (QED) is 0.850. The van der Waals surface area contributed by atoms with E-state index in [0.29, 0.717) is 6.04 Å². The predicted octanol–water partition coefficient (Wildman–Crippen LogP) is 2.37. The molecule has 0 bridgehead atoms. The molecule has 0 amide bonds. The van der Waals surface area contributed by atoms with Gasteiger partial charge in [0, 0.05) is 11.6 Å². The van der Waals surface area contributed by atoms with Crippen LogP contribution in [0.1, 0.15) is 24.9 Å². The Kier molecular flexibility index (Phi) is 3.34. The van der Waals surface area contributed by atoms with E-state index in [2.05, 4.69) is 18.3 Å². The van der Waals surface area contributed by atoms with Crippen LogP contribution in [0.25, 0.3) is 0 Å². The molecule has 1 aromatic rings. The third-order valence-electron chi connectivity index (χ3n) is 3.16. The first-order valence-corrected chi connectivity index (χ1v) is 5.70. The largest absolute Gasteiger partial charge is 0.493 e. The number of methoxy groups -OCH3 is 2. The summed E-state index contributed by atoms with van der Waals surface area (Å²) in [5.74, 6) is 2.39. The molecule has 88 valence electrons.